The molecule has 0 aromatic carbocycles. The number of imidazole rings is 1. The summed E-state index contributed by atoms with van der Waals surface area (Å²) in [6.45, 7) is 0. The van der Waals surface area contributed by atoms with Crippen molar-refractivity contribution in [3.63, 3.8) is 0 Å². The molecule has 20 heavy (non-hydrogen) atoms. The van der Waals surface area contributed by atoms with Gasteiger partial charge in [-0.25, -0.2) is 0 Å². The number of H-pyrrole nitrogens is 1. The number of aromatic hydroxyl groups is 1. The van der Waals surface area contributed by atoms with Crippen LogP contribution in [0, 0.1) is 0 Å². The molecule has 3 heterocycles. The Kier molecular flexibility index (Phi) is 2.63. The Morgan fingerprint density at radius 1 is 1.50 bits per heavy atom. The number of methoxy groups -OCH3 is 1. The lowest BCUT2D eigenvalue weighted by atomic mass is 9.99. The molecular formula is C12H13N5O3. The second-order valence-electron chi connectivity index (χ2n) is 4.31. The van der Waals surface area contributed by atoms with E-state index in [0.717, 1.165) is 0 Å². The highest BCUT2D eigenvalue weighted by Gasteiger charge is 2.33. The number of aromatic nitrogens is 2. The van der Waals surface area contributed by atoms with E-state index in [9.17, 15) is 9.90 Å². The number of fused-ring (bicyclic) bond motifs is 1. The van der Waals surface area contributed by atoms with Crippen LogP contribution < -0.4 is 16.4 Å². The SMILES string of the molecule is COC1=CNC(=O)C2NC=CC2=C1c1[nH]c(N)nc1O. The topological polar surface area (TPSA) is 125 Å². The zero-order valence-electron chi connectivity index (χ0n) is 10.6. The van der Waals surface area contributed by atoms with E-state index in [-0.39, 0.29) is 17.7 Å². The maximum atomic E-state index is 12.0. The van der Waals surface area contributed by atoms with Crippen LogP contribution in [0.4, 0.5) is 5.95 Å². The van der Waals surface area contributed by atoms with Crippen LogP contribution in [0.5, 0.6) is 5.88 Å². The highest BCUT2D eigenvalue weighted by Crippen LogP contribution is 2.35. The van der Waals surface area contributed by atoms with E-state index in [1.54, 1.807) is 12.3 Å². The van der Waals surface area contributed by atoms with Gasteiger partial charge in [0.25, 0.3) is 5.91 Å². The molecule has 0 spiro atoms. The van der Waals surface area contributed by atoms with Crippen LogP contribution in [0.3, 0.4) is 0 Å². The van der Waals surface area contributed by atoms with Crippen molar-refractivity contribution in [3.05, 3.63) is 35.5 Å². The Bertz CT molecular complexity index is 671. The maximum Gasteiger partial charge on any atom is 0.251 e. The van der Waals surface area contributed by atoms with Gasteiger partial charge < -0.3 is 31.2 Å². The van der Waals surface area contributed by atoms with E-state index < -0.39 is 6.04 Å². The van der Waals surface area contributed by atoms with Crippen molar-refractivity contribution in [1.82, 2.24) is 20.6 Å². The van der Waals surface area contributed by atoms with Crippen molar-refractivity contribution < 1.29 is 14.6 Å². The number of nitrogens with two attached hydrogens (primary N) is 1. The van der Waals surface area contributed by atoms with Gasteiger partial charge in [0.2, 0.25) is 11.8 Å². The molecule has 104 valence electrons. The number of hydrogen-bond donors (Lipinski definition) is 5. The Labute approximate surface area is 114 Å². The average Bonchev–Trinajstić information content (AvgIpc) is 2.98. The first-order valence-electron chi connectivity index (χ1n) is 5.88. The third kappa shape index (κ3) is 1.69. The molecule has 0 radical (unpaired) electrons. The third-order valence-corrected chi connectivity index (χ3v) is 3.15. The molecule has 1 unspecified atom stereocenters. The van der Waals surface area contributed by atoms with Crippen LogP contribution in [0.15, 0.2) is 29.8 Å². The van der Waals surface area contributed by atoms with E-state index in [1.165, 1.54) is 13.3 Å². The normalized spacial score (nSPS) is 20.9. The summed E-state index contributed by atoms with van der Waals surface area (Å²) in [4.78, 5) is 18.5. The molecule has 2 aliphatic rings. The van der Waals surface area contributed by atoms with Crippen molar-refractivity contribution in [2.75, 3.05) is 12.8 Å². The van der Waals surface area contributed by atoms with Crippen LogP contribution in [-0.4, -0.2) is 34.1 Å². The third-order valence-electron chi connectivity index (χ3n) is 3.15. The highest BCUT2D eigenvalue weighted by molar-refractivity contribution is 5.96. The molecule has 0 fully saturated rings. The second-order valence-corrected chi connectivity index (χ2v) is 4.31. The number of nitrogens with zero attached hydrogens (tertiary/aromatic N) is 1. The molecule has 0 saturated carbocycles. The fraction of sp³-hybridized carbons (Fsp3) is 0.167. The Morgan fingerprint density at radius 2 is 2.30 bits per heavy atom. The molecule has 0 saturated heterocycles. The number of carbonyl (C=O) groups excluding carboxylic acids is 1. The number of carbonyl (C=O) groups is 1. The summed E-state index contributed by atoms with van der Waals surface area (Å²) >= 11 is 0. The first-order chi connectivity index (χ1) is 9.61. The smallest absolute Gasteiger partial charge is 0.251 e. The number of nitrogens with one attached hydrogen (secondary N) is 3. The van der Waals surface area contributed by atoms with Gasteiger partial charge >= 0.3 is 0 Å². The number of rotatable bonds is 2. The van der Waals surface area contributed by atoms with E-state index in [4.69, 9.17) is 10.5 Å². The highest BCUT2D eigenvalue weighted by atomic mass is 16.5. The van der Waals surface area contributed by atoms with Crippen LogP contribution in [0.1, 0.15) is 5.69 Å². The minimum atomic E-state index is -0.558. The Morgan fingerprint density at radius 3 is 2.95 bits per heavy atom. The fourth-order valence-corrected chi connectivity index (χ4v) is 2.28. The van der Waals surface area contributed by atoms with Gasteiger partial charge in [-0.3, -0.25) is 4.79 Å². The van der Waals surface area contributed by atoms with Crippen molar-refractivity contribution in [2.45, 2.75) is 6.04 Å². The summed E-state index contributed by atoms with van der Waals surface area (Å²) in [7, 11) is 1.47. The molecule has 3 rings (SSSR count). The van der Waals surface area contributed by atoms with Crippen LogP contribution in [0.2, 0.25) is 0 Å². The molecule has 1 aromatic rings. The summed E-state index contributed by atoms with van der Waals surface area (Å²) in [6.07, 6.45) is 4.85. The lowest BCUT2D eigenvalue weighted by Gasteiger charge is -2.13. The molecule has 8 heteroatoms. The van der Waals surface area contributed by atoms with Gasteiger partial charge in [0.05, 0.1) is 12.7 Å². The van der Waals surface area contributed by atoms with Gasteiger partial charge in [-0.1, -0.05) is 0 Å². The van der Waals surface area contributed by atoms with E-state index >= 15 is 0 Å². The maximum absolute atomic E-state index is 12.0. The predicted molar refractivity (Wildman–Crippen MR) is 70.9 cm³/mol. The zero-order valence-corrected chi connectivity index (χ0v) is 10.6. The standard InChI is InChI=1S/C12H13N5O3/c1-20-6-4-15-10(18)8-5(2-3-14-8)7(6)9-11(19)17-12(13)16-9/h2-4,8,14,19H,1H3,(H,15,18)(H3,13,16,17). The van der Waals surface area contributed by atoms with Gasteiger partial charge in [0.15, 0.2) is 0 Å². The number of amides is 1. The van der Waals surface area contributed by atoms with Gasteiger partial charge in [0, 0.05) is 6.20 Å². The quantitative estimate of drug-likeness (QED) is 0.498. The molecule has 2 aliphatic heterocycles. The second kappa shape index (κ2) is 4.34. The molecule has 0 bridgehead atoms. The van der Waals surface area contributed by atoms with Gasteiger partial charge in [-0.2, -0.15) is 4.98 Å². The van der Waals surface area contributed by atoms with E-state index in [1.807, 2.05) is 0 Å². The number of ether oxygens (including phenoxy) is 1. The van der Waals surface area contributed by atoms with E-state index in [0.29, 0.717) is 22.6 Å². The van der Waals surface area contributed by atoms with Crippen molar-refractivity contribution in [2.24, 2.45) is 0 Å². The first-order valence-corrected chi connectivity index (χ1v) is 5.88. The van der Waals surface area contributed by atoms with Gasteiger partial charge in [-0.05, 0) is 17.8 Å². The summed E-state index contributed by atoms with van der Waals surface area (Å²) in [5.74, 6) is 0.00194. The number of nitrogen functional groups attached to an aromatic ring is 1. The van der Waals surface area contributed by atoms with Crippen LogP contribution in [-0.2, 0) is 9.53 Å². The summed E-state index contributed by atoms with van der Waals surface area (Å²) in [5, 5.41) is 15.4. The molecule has 1 aromatic heterocycles. The van der Waals surface area contributed by atoms with Gasteiger partial charge in [0.1, 0.15) is 17.5 Å². The Hall–Kier alpha value is -2.90. The molecule has 0 aliphatic carbocycles. The first kappa shape index (κ1) is 12.2. The predicted octanol–water partition coefficient (Wildman–Crippen LogP) is -0.446. The minimum absolute atomic E-state index is 0.0797. The Balaban J connectivity index is 2.25. The fourth-order valence-electron chi connectivity index (χ4n) is 2.28. The van der Waals surface area contributed by atoms with Gasteiger partial charge in [-0.15, -0.1) is 0 Å². The lowest BCUT2D eigenvalue weighted by Crippen LogP contribution is -2.37. The number of aromatic amines is 1. The summed E-state index contributed by atoms with van der Waals surface area (Å²) in [6, 6.07) is -0.558. The minimum Gasteiger partial charge on any atom is -0.495 e. The molecular weight excluding hydrogens is 262 g/mol. The molecule has 8 nitrogen and oxygen atoms in total. The average molecular weight is 275 g/mol. The van der Waals surface area contributed by atoms with Crippen LogP contribution >= 0.6 is 0 Å². The van der Waals surface area contributed by atoms with Crippen molar-refractivity contribution >= 4 is 17.4 Å². The zero-order chi connectivity index (χ0) is 14.3. The lowest BCUT2D eigenvalue weighted by molar-refractivity contribution is -0.120. The van der Waals surface area contributed by atoms with Crippen molar-refractivity contribution in [1.29, 1.82) is 0 Å². The molecule has 6 N–H and O–H groups in total. The number of anilines is 1. The number of hydrogen-bond acceptors (Lipinski definition) is 6. The monoisotopic (exact) mass is 275 g/mol. The largest absolute Gasteiger partial charge is 0.495 e. The van der Waals surface area contributed by atoms with Crippen LogP contribution in [0.25, 0.3) is 5.57 Å². The van der Waals surface area contributed by atoms with E-state index in [2.05, 4.69) is 20.6 Å². The molecule has 1 atom stereocenters. The molecule has 1 amide bonds. The summed E-state index contributed by atoms with van der Waals surface area (Å²) in [5.41, 5.74) is 7.04. The summed E-state index contributed by atoms with van der Waals surface area (Å²) < 4.78 is 5.29. The van der Waals surface area contributed by atoms with Crippen molar-refractivity contribution in [3.8, 4) is 5.88 Å². The number of allylic oxidation sites excluding steroid dienone is 1.